The first-order chi connectivity index (χ1) is 13.8. The first-order valence-electron chi connectivity index (χ1n) is 8.56. The number of hydrogen-bond acceptors (Lipinski definition) is 5. The van der Waals surface area contributed by atoms with Crippen molar-refractivity contribution >= 4 is 35.1 Å². The Hall–Kier alpha value is -3.57. The molecule has 29 heavy (non-hydrogen) atoms. The minimum atomic E-state index is -1.32. The molecule has 1 heterocycles. The lowest BCUT2D eigenvalue weighted by Crippen LogP contribution is -2.42. The van der Waals surface area contributed by atoms with E-state index in [9.17, 15) is 14.4 Å². The predicted octanol–water partition coefficient (Wildman–Crippen LogP) is 2.63. The molecule has 0 radical (unpaired) electrons. The topological polar surface area (TPSA) is 112 Å². The molecule has 2 aromatic carbocycles. The molecule has 9 heteroatoms. The number of halogens is 1. The summed E-state index contributed by atoms with van der Waals surface area (Å²) in [5.74, 6) is -0.661. The highest BCUT2D eigenvalue weighted by Crippen LogP contribution is 2.30. The van der Waals surface area contributed by atoms with E-state index in [1.807, 2.05) is 6.07 Å². The maximum absolute atomic E-state index is 12.9. The predicted molar refractivity (Wildman–Crippen MR) is 105 cm³/mol. The van der Waals surface area contributed by atoms with Gasteiger partial charge in [0.1, 0.15) is 17.8 Å². The van der Waals surface area contributed by atoms with E-state index in [-0.39, 0.29) is 0 Å². The van der Waals surface area contributed by atoms with Crippen LogP contribution in [0.3, 0.4) is 0 Å². The summed E-state index contributed by atoms with van der Waals surface area (Å²) in [5.41, 5.74) is 0.0281. The van der Waals surface area contributed by atoms with Crippen LogP contribution in [-0.4, -0.2) is 36.4 Å². The third-order valence-corrected chi connectivity index (χ3v) is 4.90. The van der Waals surface area contributed by atoms with E-state index >= 15 is 0 Å². The van der Waals surface area contributed by atoms with Gasteiger partial charge in [-0.25, -0.2) is 4.79 Å². The minimum Gasteiger partial charge on any atom is -0.495 e. The number of methoxy groups -OCH3 is 1. The number of nitrogens with zero attached hydrogens (tertiary/aromatic N) is 2. The van der Waals surface area contributed by atoms with Crippen LogP contribution in [0.15, 0.2) is 42.5 Å². The van der Waals surface area contributed by atoms with Gasteiger partial charge in [0.25, 0.3) is 5.91 Å². The van der Waals surface area contributed by atoms with Gasteiger partial charge in [0.15, 0.2) is 0 Å². The molecule has 0 spiro atoms. The Morgan fingerprint density at radius 2 is 1.97 bits per heavy atom. The molecule has 1 fully saturated rings. The summed E-state index contributed by atoms with van der Waals surface area (Å²) in [6.07, 6.45) is 0. The highest BCUT2D eigenvalue weighted by atomic mass is 35.5. The van der Waals surface area contributed by atoms with Crippen molar-refractivity contribution in [2.24, 2.45) is 0 Å². The van der Waals surface area contributed by atoms with Crippen molar-refractivity contribution in [1.29, 1.82) is 5.26 Å². The van der Waals surface area contributed by atoms with Crippen molar-refractivity contribution < 1.29 is 19.1 Å². The van der Waals surface area contributed by atoms with E-state index in [0.717, 1.165) is 4.90 Å². The lowest BCUT2D eigenvalue weighted by Gasteiger charge is -2.22. The first kappa shape index (κ1) is 20.2. The van der Waals surface area contributed by atoms with Crippen LogP contribution in [0.1, 0.15) is 18.1 Å². The quantitative estimate of drug-likeness (QED) is 0.733. The van der Waals surface area contributed by atoms with Crippen molar-refractivity contribution in [3.8, 4) is 11.8 Å². The summed E-state index contributed by atoms with van der Waals surface area (Å²) in [7, 11) is 1.47. The van der Waals surface area contributed by atoms with Gasteiger partial charge in [-0.2, -0.15) is 5.26 Å². The maximum Gasteiger partial charge on any atom is 0.325 e. The molecule has 1 aliphatic heterocycles. The molecule has 0 aliphatic carbocycles. The van der Waals surface area contributed by atoms with E-state index < -0.39 is 29.9 Å². The third-order valence-electron chi connectivity index (χ3n) is 4.60. The number of amides is 4. The zero-order valence-corrected chi connectivity index (χ0v) is 16.4. The third kappa shape index (κ3) is 3.86. The Labute approximate surface area is 172 Å². The minimum absolute atomic E-state index is 0.314. The molecule has 2 N–H and O–H groups in total. The van der Waals surface area contributed by atoms with Crippen molar-refractivity contribution in [1.82, 2.24) is 10.2 Å². The zero-order valence-electron chi connectivity index (χ0n) is 15.7. The molecule has 1 unspecified atom stereocenters. The number of hydrogen-bond donors (Lipinski definition) is 2. The molecule has 3 rings (SSSR count). The van der Waals surface area contributed by atoms with Crippen LogP contribution >= 0.6 is 11.6 Å². The summed E-state index contributed by atoms with van der Waals surface area (Å²) >= 11 is 6.03. The molecule has 1 atom stereocenters. The molecule has 1 aliphatic rings. The number of carbonyl (C=O) groups is 3. The number of rotatable bonds is 5. The molecule has 1 saturated heterocycles. The second kappa shape index (κ2) is 7.81. The van der Waals surface area contributed by atoms with Crippen molar-refractivity contribution in [3.05, 3.63) is 58.6 Å². The SMILES string of the molecule is COc1ccc(NC(=O)CN2C(=O)NC(C)(c3ccc(C#N)cc3)C2=O)cc1Cl. The Morgan fingerprint density at radius 1 is 1.28 bits per heavy atom. The second-order valence-electron chi connectivity index (χ2n) is 6.53. The molecular weight excluding hydrogens is 396 g/mol. The van der Waals surface area contributed by atoms with Crippen LogP contribution in [0.4, 0.5) is 10.5 Å². The van der Waals surface area contributed by atoms with Gasteiger partial charge in [-0.15, -0.1) is 0 Å². The number of ether oxygens (including phenoxy) is 1. The number of anilines is 1. The van der Waals surface area contributed by atoms with Crippen LogP contribution in [0.2, 0.25) is 5.02 Å². The van der Waals surface area contributed by atoms with E-state index in [1.165, 1.54) is 13.2 Å². The molecule has 0 aromatic heterocycles. The van der Waals surface area contributed by atoms with Crippen molar-refractivity contribution in [2.75, 3.05) is 19.0 Å². The van der Waals surface area contributed by atoms with Gasteiger partial charge >= 0.3 is 6.03 Å². The smallest absolute Gasteiger partial charge is 0.325 e. The van der Waals surface area contributed by atoms with Crippen molar-refractivity contribution in [3.63, 3.8) is 0 Å². The van der Waals surface area contributed by atoms with Gasteiger partial charge < -0.3 is 15.4 Å². The monoisotopic (exact) mass is 412 g/mol. The summed E-state index contributed by atoms with van der Waals surface area (Å²) in [5, 5.41) is 14.4. The highest BCUT2D eigenvalue weighted by molar-refractivity contribution is 6.32. The highest BCUT2D eigenvalue weighted by Gasteiger charge is 2.49. The number of carbonyl (C=O) groups excluding carboxylic acids is 3. The normalized spacial score (nSPS) is 18.2. The van der Waals surface area contributed by atoms with Gasteiger partial charge in [0.05, 0.1) is 23.8 Å². The summed E-state index contributed by atoms with van der Waals surface area (Å²) in [6.45, 7) is 1.09. The molecule has 0 bridgehead atoms. The van der Waals surface area contributed by atoms with Gasteiger partial charge in [-0.3, -0.25) is 14.5 Å². The fourth-order valence-corrected chi connectivity index (χ4v) is 3.26. The first-order valence-corrected chi connectivity index (χ1v) is 8.94. The molecule has 0 saturated carbocycles. The van der Waals surface area contributed by atoms with Crippen molar-refractivity contribution in [2.45, 2.75) is 12.5 Å². The summed E-state index contributed by atoms with van der Waals surface area (Å²) in [6, 6.07) is 12.3. The number of benzene rings is 2. The van der Waals surface area contributed by atoms with Crippen LogP contribution in [0.25, 0.3) is 0 Å². The number of urea groups is 1. The van der Waals surface area contributed by atoms with Gasteiger partial charge in [0.2, 0.25) is 5.91 Å². The molecular formula is C20H17ClN4O4. The Bertz CT molecular complexity index is 1030. The fourth-order valence-electron chi connectivity index (χ4n) is 3.00. The summed E-state index contributed by atoms with van der Waals surface area (Å²) in [4.78, 5) is 38.4. The largest absolute Gasteiger partial charge is 0.495 e. The van der Waals surface area contributed by atoms with Gasteiger partial charge in [0, 0.05) is 5.69 Å². The number of nitriles is 1. The zero-order chi connectivity index (χ0) is 21.2. The Balaban J connectivity index is 1.73. The molecule has 8 nitrogen and oxygen atoms in total. The van der Waals surface area contributed by atoms with E-state index in [1.54, 1.807) is 43.3 Å². The number of nitrogens with one attached hydrogen (secondary N) is 2. The average molecular weight is 413 g/mol. The molecule has 4 amide bonds. The van der Waals surface area contributed by atoms with Gasteiger partial charge in [-0.1, -0.05) is 23.7 Å². The van der Waals surface area contributed by atoms with Crippen LogP contribution in [-0.2, 0) is 15.1 Å². The Morgan fingerprint density at radius 3 is 2.55 bits per heavy atom. The lowest BCUT2D eigenvalue weighted by atomic mass is 9.91. The fraction of sp³-hybridized carbons (Fsp3) is 0.200. The van der Waals surface area contributed by atoms with Crippen LogP contribution in [0, 0.1) is 11.3 Å². The molecule has 148 valence electrons. The van der Waals surface area contributed by atoms with Crippen LogP contribution < -0.4 is 15.4 Å². The number of imide groups is 1. The average Bonchev–Trinajstić information content (AvgIpc) is 2.92. The van der Waals surface area contributed by atoms with Gasteiger partial charge in [-0.05, 0) is 42.8 Å². The Kier molecular flexibility index (Phi) is 5.43. The maximum atomic E-state index is 12.9. The van der Waals surface area contributed by atoms with E-state index in [2.05, 4.69) is 10.6 Å². The summed E-state index contributed by atoms with van der Waals surface area (Å²) < 4.78 is 5.05. The standard InChI is InChI=1S/C20H17ClN4O4/c1-20(13-5-3-12(10-22)4-6-13)18(27)25(19(28)24-20)11-17(26)23-14-7-8-16(29-2)15(21)9-14/h3-9H,11H2,1-2H3,(H,23,26)(H,24,28). The molecule has 2 aromatic rings. The van der Waals surface area contributed by atoms with Crippen LogP contribution in [0.5, 0.6) is 5.75 Å². The second-order valence-corrected chi connectivity index (χ2v) is 6.94. The van der Waals surface area contributed by atoms with E-state index in [4.69, 9.17) is 21.6 Å². The lowest BCUT2D eigenvalue weighted by molar-refractivity contribution is -0.133. The van der Waals surface area contributed by atoms with E-state index in [0.29, 0.717) is 27.6 Å².